The first-order chi connectivity index (χ1) is 11.7. The molecule has 132 valence electrons. The molecule has 0 saturated heterocycles. The molecule has 0 bridgehead atoms. The fourth-order valence-electron chi connectivity index (χ4n) is 2.26. The number of carbonyl (C=O) groups is 2. The quantitative estimate of drug-likeness (QED) is 0.811. The molecule has 8 heteroatoms. The number of nitrogens with one attached hydrogen (secondary N) is 1. The second-order valence-electron chi connectivity index (χ2n) is 5.29. The number of alkyl halides is 3. The molecule has 0 fully saturated rings. The lowest BCUT2D eigenvalue weighted by Crippen LogP contribution is -2.46. The first-order valence-corrected chi connectivity index (χ1v) is 7.19. The molecule has 25 heavy (non-hydrogen) atoms. The summed E-state index contributed by atoms with van der Waals surface area (Å²) in [7, 11) is 0. The molecule has 0 spiro atoms. The Balaban J connectivity index is 2.21. The lowest BCUT2D eigenvalue weighted by atomic mass is 9.99. The molecular weight excluding hydrogens is 340 g/mol. The molecule has 0 aliphatic heterocycles. The van der Waals surface area contributed by atoms with Crippen molar-refractivity contribution in [1.82, 2.24) is 5.32 Å². The zero-order valence-corrected chi connectivity index (χ0v) is 12.8. The molecular formula is C17H14F4N2O2. The van der Waals surface area contributed by atoms with Crippen molar-refractivity contribution in [3.8, 4) is 0 Å². The molecule has 1 atom stereocenters. The number of rotatable bonds is 5. The molecule has 3 N–H and O–H groups in total. The summed E-state index contributed by atoms with van der Waals surface area (Å²) in [5.74, 6) is -2.28. The lowest BCUT2D eigenvalue weighted by molar-refractivity contribution is -0.138. The van der Waals surface area contributed by atoms with Crippen LogP contribution in [-0.4, -0.2) is 17.9 Å². The summed E-state index contributed by atoms with van der Waals surface area (Å²) in [6.07, 6.45) is -5.02. The van der Waals surface area contributed by atoms with Gasteiger partial charge in [-0.05, 0) is 35.9 Å². The minimum absolute atomic E-state index is 0.0526. The molecule has 2 rings (SSSR count). The van der Waals surface area contributed by atoms with Crippen molar-refractivity contribution in [3.05, 3.63) is 71.0 Å². The average Bonchev–Trinajstić information content (AvgIpc) is 2.54. The van der Waals surface area contributed by atoms with Gasteiger partial charge in [0.05, 0.1) is 5.56 Å². The summed E-state index contributed by atoms with van der Waals surface area (Å²) in [5.41, 5.74) is 4.18. The van der Waals surface area contributed by atoms with Gasteiger partial charge in [0.1, 0.15) is 11.9 Å². The van der Waals surface area contributed by atoms with E-state index in [-0.39, 0.29) is 11.1 Å². The molecule has 0 radical (unpaired) electrons. The van der Waals surface area contributed by atoms with Crippen LogP contribution in [-0.2, 0) is 17.4 Å². The Morgan fingerprint density at radius 2 is 1.64 bits per heavy atom. The standard InChI is InChI=1S/C17H14F4N2O2/c18-12-7-5-10(6-8-12)16(25)23-14(15(22)24)9-11-3-1-2-4-13(11)17(19,20)21/h1-8,14H,9H2,(H2,22,24)(H,23,25)/t14-/m0/s1. The Morgan fingerprint density at radius 1 is 1.04 bits per heavy atom. The maximum absolute atomic E-state index is 13.0. The lowest BCUT2D eigenvalue weighted by Gasteiger charge is -2.18. The van der Waals surface area contributed by atoms with Gasteiger partial charge in [0.15, 0.2) is 0 Å². The number of hydrogen-bond acceptors (Lipinski definition) is 2. The van der Waals surface area contributed by atoms with Crippen LogP contribution in [0, 0.1) is 5.82 Å². The zero-order valence-electron chi connectivity index (χ0n) is 12.8. The summed E-state index contributed by atoms with van der Waals surface area (Å²) >= 11 is 0. The largest absolute Gasteiger partial charge is 0.416 e. The first kappa shape index (κ1) is 18.4. The van der Waals surface area contributed by atoms with Gasteiger partial charge in [-0.3, -0.25) is 9.59 Å². The van der Waals surface area contributed by atoms with E-state index in [9.17, 15) is 27.2 Å². The first-order valence-electron chi connectivity index (χ1n) is 7.19. The van der Waals surface area contributed by atoms with Crippen molar-refractivity contribution in [2.45, 2.75) is 18.6 Å². The maximum Gasteiger partial charge on any atom is 0.416 e. The molecule has 0 aliphatic carbocycles. The van der Waals surface area contributed by atoms with Crippen LogP contribution in [0.3, 0.4) is 0 Å². The summed E-state index contributed by atoms with van der Waals surface area (Å²) < 4.78 is 52.0. The number of benzene rings is 2. The van der Waals surface area contributed by atoms with Crippen molar-refractivity contribution in [3.63, 3.8) is 0 Å². The molecule has 2 amide bonds. The fraction of sp³-hybridized carbons (Fsp3) is 0.176. The summed E-state index contributed by atoms with van der Waals surface area (Å²) in [6, 6.07) is 7.84. The van der Waals surface area contributed by atoms with E-state index in [1.807, 2.05) is 0 Å². The molecule has 2 aromatic carbocycles. The third kappa shape index (κ3) is 4.79. The van der Waals surface area contributed by atoms with Crippen LogP contribution in [0.1, 0.15) is 21.5 Å². The summed E-state index contributed by atoms with van der Waals surface area (Å²) in [4.78, 5) is 23.6. The summed E-state index contributed by atoms with van der Waals surface area (Å²) in [5, 5.41) is 2.28. The molecule has 2 aromatic rings. The van der Waals surface area contributed by atoms with Crippen LogP contribution < -0.4 is 11.1 Å². The van der Waals surface area contributed by atoms with Crippen molar-refractivity contribution in [1.29, 1.82) is 0 Å². The monoisotopic (exact) mass is 354 g/mol. The fourth-order valence-corrected chi connectivity index (χ4v) is 2.26. The van der Waals surface area contributed by atoms with Crippen LogP contribution in [0.2, 0.25) is 0 Å². The third-order valence-electron chi connectivity index (χ3n) is 3.50. The van der Waals surface area contributed by atoms with E-state index in [2.05, 4.69) is 5.32 Å². The van der Waals surface area contributed by atoms with Gasteiger partial charge in [-0.25, -0.2) is 4.39 Å². The number of amides is 2. The number of primary amides is 1. The zero-order chi connectivity index (χ0) is 18.6. The van der Waals surface area contributed by atoms with E-state index in [1.165, 1.54) is 30.3 Å². The second-order valence-corrected chi connectivity index (χ2v) is 5.29. The van der Waals surface area contributed by atoms with E-state index in [1.54, 1.807) is 0 Å². The number of carbonyl (C=O) groups excluding carboxylic acids is 2. The van der Waals surface area contributed by atoms with Gasteiger partial charge >= 0.3 is 6.18 Å². The Bertz CT molecular complexity index is 773. The Kier molecular flexibility index (Phi) is 5.41. The molecule has 0 aromatic heterocycles. The molecule has 0 heterocycles. The number of hydrogen-bond donors (Lipinski definition) is 2. The Hall–Kier alpha value is -2.90. The average molecular weight is 354 g/mol. The maximum atomic E-state index is 13.0. The van der Waals surface area contributed by atoms with E-state index >= 15 is 0 Å². The third-order valence-corrected chi connectivity index (χ3v) is 3.50. The van der Waals surface area contributed by atoms with Gasteiger partial charge in [-0.2, -0.15) is 13.2 Å². The van der Waals surface area contributed by atoms with Gasteiger partial charge in [-0.1, -0.05) is 18.2 Å². The van der Waals surface area contributed by atoms with Gasteiger partial charge in [-0.15, -0.1) is 0 Å². The predicted molar refractivity (Wildman–Crippen MR) is 82.0 cm³/mol. The highest BCUT2D eigenvalue weighted by Crippen LogP contribution is 2.32. The topological polar surface area (TPSA) is 72.2 Å². The number of halogens is 4. The number of nitrogens with two attached hydrogens (primary N) is 1. The van der Waals surface area contributed by atoms with E-state index < -0.39 is 41.8 Å². The minimum Gasteiger partial charge on any atom is -0.368 e. The van der Waals surface area contributed by atoms with Crippen LogP contribution in [0.4, 0.5) is 17.6 Å². The molecule has 0 aliphatic rings. The van der Waals surface area contributed by atoms with Crippen LogP contribution in [0.5, 0.6) is 0 Å². The van der Waals surface area contributed by atoms with E-state index in [0.29, 0.717) is 0 Å². The molecule has 4 nitrogen and oxygen atoms in total. The minimum atomic E-state index is -4.60. The highest BCUT2D eigenvalue weighted by atomic mass is 19.4. The SMILES string of the molecule is NC(=O)[C@H](Cc1ccccc1C(F)(F)F)NC(=O)c1ccc(F)cc1. The van der Waals surface area contributed by atoms with Crippen LogP contribution in [0.15, 0.2) is 48.5 Å². The van der Waals surface area contributed by atoms with Crippen molar-refractivity contribution in [2.24, 2.45) is 5.73 Å². The van der Waals surface area contributed by atoms with Crippen molar-refractivity contribution in [2.75, 3.05) is 0 Å². The predicted octanol–water partition coefficient (Wildman–Crippen LogP) is 2.67. The van der Waals surface area contributed by atoms with E-state index in [4.69, 9.17) is 5.73 Å². The summed E-state index contributed by atoms with van der Waals surface area (Å²) in [6.45, 7) is 0. The van der Waals surface area contributed by atoms with Crippen LogP contribution in [0.25, 0.3) is 0 Å². The van der Waals surface area contributed by atoms with Gasteiger partial charge in [0.25, 0.3) is 5.91 Å². The van der Waals surface area contributed by atoms with Crippen molar-refractivity contribution < 1.29 is 27.2 Å². The highest BCUT2D eigenvalue weighted by molar-refractivity contribution is 5.97. The normalized spacial score (nSPS) is 12.5. The van der Waals surface area contributed by atoms with Gasteiger partial charge < -0.3 is 11.1 Å². The van der Waals surface area contributed by atoms with Crippen LogP contribution >= 0.6 is 0 Å². The molecule has 0 unspecified atom stereocenters. The Labute approximate surface area is 140 Å². The van der Waals surface area contributed by atoms with Gasteiger partial charge in [0, 0.05) is 12.0 Å². The van der Waals surface area contributed by atoms with Gasteiger partial charge in [0.2, 0.25) is 5.91 Å². The second kappa shape index (κ2) is 7.33. The Morgan fingerprint density at radius 3 is 2.20 bits per heavy atom. The smallest absolute Gasteiger partial charge is 0.368 e. The molecule has 0 saturated carbocycles. The van der Waals surface area contributed by atoms with Crippen molar-refractivity contribution >= 4 is 11.8 Å². The van der Waals surface area contributed by atoms with E-state index in [0.717, 1.165) is 18.2 Å². The highest BCUT2D eigenvalue weighted by Gasteiger charge is 2.34.